The predicted molar refractivity (Wildman–Crippen MR) is 66.3 cm³/mol. The van der Waals surface area contributed by atoms with Gasteiger partial charge in [-0.3, -0.25) is 4.57 Å². The number of alkyl halides is 3. The van der Waals surface area contributed by atoms with E-state index in [1.807, 2.05) is 0 Å². The molecule has 0 atom stereocenters. The molecule has 0 fully saturated rings. The maximum Gasteiger partial charge on any atom is 0.416 e. The SMILES string of the molecule is CCOP(=O)(OCC)c1cc(C(F)(F)F)ccc1N. The van der Waals surface area contributed by atoms with Gasteiger partial charge in [-0.05, 0) is 32.0 Å². The topological polar surface area (TPSA) is 61.5 Å². The minimum absolute atomic E-state index is 0.0347. The van der Waals surface area contributed by atoms with Crippen molar-refractivity contribution < 1.29 is 26.8 Å². The first-order chi connectivity index (χ1) is 8.74. The smallest absolute Gasteiger partial charge is 0.398 e. The first-order valence-electron chi connectivity index (χ1n) is 5.61. The summed E-state index contributed by atoms with van der Waals surface area (Å²) in [6, 6.07) is 2.57. The highest BCUT2D eigenvalue weighted by Gasteiger charge is 2.35. The van der Waals surface area contributed by atoms with Gasteiger partial charge in [-0.25, -0.2) is 0 Å². The van der Waals surface area contributed by atoms with E-state index in [4.69, 9.17) is 14.8 Å². The monoisotopic (exact) mass is 297 g/mol. The van der Waals surface area contributed by atoms with Crippen molar-refractivity contribution in [3.63, 3.8) is 0 Å². The minimum atomic E-state index is -4.55. The van der Waals surface area contributed by atoms with Crippen LogP contribution in [0.5, 0.6) is 0 Å². The summed E-state index contributed by atoms with van der Waals surface area (Å²) in [5.41, 5.74) is 4.57. The third-order valence-electron chi connectivity index (χ3n) is 2.25. The molecular formula is C11H15F3NO3P. The molecule has 0 bridgehead atoms. The average Bonchev–Trinajstić information content (AvgIpc) is 2.28. The maximum atomic E-state index is 12.6. The van der Waals surface area contributed by atoms with Crippen molar-refractivity contribution in [3.05, 3.63) is 23.8 Å². The Morgan fingerprint density at radius 3 is 2.16 bits per heavy atom. The summed E-state index contributed by atoms with van der Waals surface area (Å²) < 4.78 is 60.3. The Hall–Kier alpha value is -1.04. The second kappa shape index (κ2) is 5.94. The molecule has 0 radical (unpaired) electrons. The zero-order valence-electron chi connectivity index (χ0n) is 10.5. The van der Waals surface area contributed by atoms with Crippen molar-refractivity contribution in [1.29, 1.82) is 0 Å². The Kier molecular flexibility index (Phi) is 5.01. The summed E-state index contributed by atoms with van der Waals surface area (Å²) in [6.45, 7) is 3.20. The zero-order chi connectivity index (χ0) is 14.7. The average molecular weight is 297 g/mol. The van der Waals surface area contributed by atoms with Gasteiger partial charge in [-0.1, -0.05) is 0 Å². The molecule has 0 saturated heterocycles. The van der Waals surface area contributed by atoms with Gasteiger partial charge in [0.2, 0.25) is 0 Å². The Labute approximate surface area is 109 Å². The van der Waals surface area contributed by atoms with Crippen LogP contribution in [0, 0.1) is 0 Å². The molecule has 2 N–H and O–H groups in total. The molecule has 0 aliphatic rings. The lowest BCUT2D eigenvalue weighted by atomic mass is 10.2. The van der Waals surface area contributed by atoms with Crippen molar-refractivity contribution in [2.24, 2.45) is 0 Å². The molecule has 1 aromatic carbocycles. The van der Waals surface area contributed by atoms with E-state index in [0.29, 0.717) is 6.07 Å². The van der Waals surface area contributed by atoms with Crippen molar-refractivity contribution in [1.82, 2.24) is 0 Å². The molecule has 0 heterocycles. The van der Waals surface area contributed by atoms with E-state index < -0.39 is 19.3 Å². The van der Waals surface area contributed by atoms with Crippen LogP contribution in [0.3, 0.4) is 0 Å². The Morgan fingerprint density at radius 2 is 1.74 bits per heavy atom. The molecule has 108 valence electrons. The lowest BCUT2D eigenvalue weighted by Crippen LogP contribution is -2.18. The Morgan fingerprint density at radius 1 is 1.21 bits per heavy atom. The molecule has 0 aromatic heterocycles. The highest BCUT2D eigenvalue weighted by molar-refractivity contribution is 7.62. The van der Waals surface area contributed by atoms with Crippen LogP contribution in [0.4, 0.5) is 18.9 Å². The van der Waals surface area contributed by atoms with Gasteiger partial charge in [0.1, 0.15) is 0 Å². The summed E-state index contributed by atoms with van der Waals surface area (Å²) in [4.78, 5) is 0. The molecule has 1 aromatic rings. The van der Waals surface area contributed by atoms with E-state index in [1.165, 1.54) is 0 Å². The summed E-state index contributed by atoms with van der Waals surface area (Å²) in [5, 5.41) is -0.258. The van der Waals surface area contributed by atoms with Crippen LogP contribution in [0.2, 0.25) is 0 Å². The van der Waals surface area contributed by atoms with Crippen molar-refractivity contribution in [3.8, 4) is 0 Å². The van der Waals surface area contributed by atoms with E-state index in [2.05, 4.69) is 0 Å². The minimum Gasteiger partial charge on any atom is -0.398 e. The van der Waals surface area contributed by atoms with Crippen LogP contribution < -0.4 is 11.0 Å². The fraction of sp³-hybridized carbons (Fsp3) is 0.455. The number of anilines is 1. The van der Waals surface area contributed by atoms with E-state index in [1.54, 1.807) is 13.8 Å². The molecule has 0 aliphatic heterocycles. The molecule has 0 spiro atoms. The van der Waals surface area contributed by atoms with Crippen LogP contribution >= 0.6 is 7.60 Å². The van der Waals surface area contributed by atoms with E-state index in [9.17, 15) is 17.7 Å². The molecule has 8 heteroatoms. The quantitative estimate of drug-likeness (QED) is 0.670. The predicted octanol–water partition coefficient (Wildman–Crippen LogP) is 3.18. The number of benzene rings is 1. The van der Waals surface area contributed by atoms with Gasteiger partial charge >= 0.3 is 13.8 Å². The number of halogens is 3. The third kappa shape index (κ3) is 3.72. The van der Waals surface area contributed by atoms with Gasteiger partial charge in [0.15, 0.2) is 0 Å². The van der Waals surface area contributed by atoms with Crippen molar-refractivity contribution >= 4 is 18.6 Å². The van der Waals surface area contributed by atoms with Gasteiger partial charge in [0.05, 0.1) is 24.1 Å². The molecule has 0 unspecified atom stereocenters. The number of nitrogens with two attached hydrogens (primary N) is 1. The number of hydrogen-bond donors (Lipinski definition) is 1. The van der Waals surface area contributed by atoms with E-state index in [-0.39, 0.29) is 24.2 Å². The zero-order valence-corrected chi connectivity index (χ0v) is 11.4. The summed E-state index contributed by atoms with van der Waals surface area (Å²) in [6.07, 6.45) is -4.55. The first-order valence-corrected chi connectivity index (χ1v) is 7.15. The second-order valence-electron chi connectivity index (χ2n) is 3.60. The standard InChI is InChI=1S/C11H15F3NO3P/c1-3-17-19(16,18-4-2)10-7-8(11(12,13)14)5-6-9(10)15/h5-7H,3-4,15H2,1-2H3. The van der Waals surface area contributed by atoms with Crippen LogP contribution in [0.1, 0.15) is 19.4 Å². The van der Waals surface area contributed by atoms with Gasteiger partial charge in [0, 0.05) is 5.69 Å². The van der Waals surface area contributed by atoms with Crippen LogP contribution in [-0.4, -0.2) is 13.2 Å². The summed E-state index contributed by atoms with van der Waals surface area (Å²) >= 11 is 0. The highest BCUT2D eigenvalue weighted by Crippen LogP contribution is 2.49. The normalized spacial score (nSPS) is 12.7. The second-order valence-corrected chi connectivity index (χ2v) is 5.60. The highest BCUT2D eigenvalue weighted by atomic mass is 31.2. The molecular weight excluding hydrogens is 282 g/mol. The Balaban J connectivity index is 3.34. The fourth-order valence-corrected chi connectivity index (χ4v) is 3.19. The van der Waals surface area contributed by atoms with Gasteiger partial charge in [-0.15, -0.1) is 0 Å². The lowest BCUT2D eigenvalue weighted by Gasteiger charge is -2.19. The van der Waals surface area contributed by atoms with Crippen molar-refractivity contribution in [2.45, 2.75) is 20.0 Å². The van der Waals surface area contributed by atoms with E-state index >= 15 is 0 Å². The van der Waals surface area contributed by atoms with E-state index in [0.717, 1.165) is 12.1 Å². The van der Waals surface area contributed by atoms with Crippen molar-refractivity contribution in [2.75, 3.05) is 18.9 Å². The first kappa shape index (κ1) is 16.0. The Bertz CT molecular complexity index is 481. The van der Waals surface area contributed by atoms with Gasteiger partial charge < -0.3 is 14.8 Å². The van der Waals surface area contributed by atoms with Crippen LogP contribution in [-0.2, 0) is 19.8 Å². The largest absolute Gasteiger partial charge is 0.416 e. The number of hydrogen-bond acceptors (Lipinski definition) is 4. The van der Waals surface area contributed by atoms with Gasteiger partial charge in [0.25, 0.3) is 0 Å². The third-order valence-corrected chi connectivity index (χ3v) is 4.42. The van der Waals surface area contributed by atoms with Gasteiger partial charge in [-0.2, -0.15) is 13.2 Å². The lowest BCUT2D eigenvalue weighted by molar-refractivity contribution is -0.137. The van der Waals surface area contributed by atoms with Crippen LogP contribution in [0.25, 0.3) is 0 Å². The molecule has 1 rings (SSSR count). The molecule has 19 heavy (non-hydrogen) atoms. The van der Waals surface area contributed by atoms with Crippen LogP contribution in [0.15, 0.2) is 18.2 Å². The molecule has 0 amide bonds. The molecule has 4 nitrogen and oxygen atoms in total. The molecule has 0 aliphatic carbocycles. The maximum absolute atomic E-state index is 12.6. The number of nitrogen functional groups attached to an aromatic ring is 1. The summed E-state index contributed by atoms with van der Waals surface area (Å²) in [5.74, 6) is 0. The number of rotatable bonds is 5. The molecule has 0 saturated carbocycles. The summed E-state index contributed by atoms with van der Waals surface area (Å²) in [7, 11) is -3.83. The fourth-order valence-electron chi connectivity index (χ4n) is 1.47.